The van der Waals surface area contributed by atoms with Gasteiger partial charge in [0.1, 0.15) is 0 Å². The lowest BCUT2D eigenvalue weighted by Gasteiger charge is -2.08. The molecule has 0 bridgehead atoms. The monoisotopic (exact) mass is 241 g/mol. The van der Waals surface area contributed by atoms with Gasteiger partial charge >= 0.3 is 0 Å². The number of hydrogen-bond donors (Lipinski definition) is 2. The molecule has 6 heteroatoms. The molecule has 0 fully saturated rings. The van der Waals surface area contributed by atoms with Gasteiger partial charge in [-0.05, 0) is 33.9 Å². The van der Waals surface area contributed by atoms with Gasteiger partial charge in [-0.3, -0.25) is 0 Å². The third kappa shape index (κ3) is 3.07. The molecule has 0 aliphatic carbocycles. The summed E-state index contributed by atoms with van der Waals surface area (Å²) in [4.78, 5) is 0. The predicted octanol–water partition coefficient (Wildman–Crippen LogP) is 1.42. The van der Waals surface area contributed by atoms with Gasteiger partial charge in [0.15, 0.2) is 0 Å². The van der Waals surface area contributed by atoms with Crippen LogP contribution in [-0.4, -0.2) is 21.2 Å². The topological polar surface area (TPSA) is 58.0 Å². The average Bonchev–Trinajstić information content (AvgIpc) is 2.90. The molecule has 1 unspecified atom stereocenters. The summed E-state index contributed by atoms with van der Waals surface area (Å²) >= 11 is 2.92. The number of aliphatic hydroxyl groups is 1. The van der Waals surface area contributed by atoms with Gasteiger partial charge in [-0.25, -0.2) is 0 Å². The molecular formula is C9H11N3OS2. The van der Waals surface area contributed by atoms with Gasteiger partial charge in [-0.2, -0.15) is 11.3 Å². The first kappa shape index (κ1) is 10.7. The van der Waals surface area contributed by atoms with E-state index < -0.39 is 6.10 Å². The molecule has 2 heterocycles. The Bertz CT molecular complexity index is 374. The first-order valence-electron chi connectivity index (χ1n) is 4.53. The Morgan fingerprint density at radius 2 is 2.40 bits per heavy atom. The van der Waals surface area contributed by atoms with Gasteiger partial charge in [-0.1, -0.05) is 4.49 Å². The fourth-order valence-electron chi connectivity index (χ4n) is 1.18. The molecular weight excluding hydrogens is 230 g/mol. The summed E-state index contributed by atoms with van der Waals surface area (Å²) in [5, 5.41) is 22.6. The van der Waals surface area contributed by atoms with Crippen molar-refractivity contribution < 1.29 is 5.11 Å². The van der Waals surface area contributed by atoms with Crippen molar-refractivity contribution in [3.8, 4) is 0 Å². The van der Waals surface area contributed by atoms with Crippen LogP contribution in [0, 0.1) is 0 Å². The molecule has 2 N–H and O–H groups in total. The molecule has 0 spiro atoms. The van der Waals surface area contributed by atoms with Gasteiger partial charge in [0.25, 0.3) is 0 Å². The molecule has 0 radical (unpaired) electrons. The van der Waals surface area contributed by atoms with Crippen LogP contribution in [0.4, 0.5) is 0 Å². The first-order valence-corrected chi connectivity index (χ1v) is 6.31. The van der Waals surface area contributed by atoms with Crippen molar-refractivity contribution >= 4 is 22.9 Å². The highest BCUT2D eigenvalue weighted by molar-refractivity contribution is 7.08. The molecule has 15 heavy (non-hydrogen) atoms. The second-order valence-corrected chi connectivity index (χ2v) is 4.49. The van der Waals surface area contributed by atoms with Crippen molar-refractivity contribution in [3.05, 3.63) is 33.5 Å². The lowest BCUT2D eigenvalue weighted by atomic mass is 10.2. The third-order valence-corrected chi connectivity index (χ3v) is 3.23. The van der Waals surface area contributed by atoms with Gasteiger partial charge in [0.05, 0.1) is 11.8 Å². The minimum atomic E-state index is -0.442. The highest BCUT2D eigenvalue weighted by Gasteiger charge is 2.07. The van der Waals surface area contributed by atoms with Crippen LogP contribution in [0.1, 0.15) is 17.4 Å². The number of thiophene rings is 1. The second kappa shape index (κ2) is 5.32. The van der Waals surface area contributed by atoms with Crippen LogP contribution in [0.5, 0.6) is 0 Å². The summed E-state index contributed by atoms with van der Waals surface area (Å²) in [6.07, 6.45) is -0.442. The molecule has 2 rings (SSSR count). The van der Waals surface area contributed by atoms with Gasteiger partial charge in [0, 0.05) is 18.5 Å². The van der Waals surface area contributed by atoms with Crippen molar-refractivity contribution in [1.82, 2.24) is 14.9 Å². The standard InChI is InChI=1S/C9H11N3OS2/c13-9(7-1-2-14-5-7)4-10-3-8-6-15-12-11-8/h1-2,5-6,9-10,13H,3-4H2. The fourth-order valence-corrected chi connectivity index (χ4v) is 2.34. The largest absolute Gasteiger partial charge is 0.387 e. The Labute approximate surface area is 95.8 Å². The van der Waals surface area contributed by atoms with Gasteiger partial charge in [0.2, 0.25) is 0 Å². The normalized spacial score (nSPS) is 12.9. The molecule has 0 amide bonds. The number of aliphatic hydroxyl groups excluding tert-OH is 1. The van der Waals surface area contributed by atoms with E-state index in [1.807, 2.05) is 22.2 Å². The van der Waals surface area contributed by atoms with Crippen molar-refractivity contribution in [3.63, 3.8) is 0 Å². The molecule has 80 valence electrons. The highest BCUT2D eigenvalue weighted by Crippen LogP contribution is 2.15. The SMILES string of the molecule is OC(CNCc1csnn1)c1ccsc1. The zero-order chi connectivity index (χ0) is 10.5. The lowest BCUT2D eigenvalue weighted by Crippen LogP contribution is -2.20. The quantitative estimate of drug-likeness (QED) is 0.831. The van der Waals surface area contributed by atoms with Crippen molar-refractivity contribution in [2.24, 2.45) is 0 Å². The number of nitrogens with zero attached hydrogens (tertiary/aromatic N) is 2. The molecule has 2 aromatic rings. The van der Waals surface area contributed by atoms with Gasteiger partial charge < -0.3 is 10.4 Å². The van der Waals surface area contributed by atoms with E-state index >= 15 is 0 Å². The van der Waals surface area contributed by atoms with E-state index in [9.17, 15) is 5.11 Å². The Kier molecular flexibility index (Phi) is 3.79. The van der Waals surface area contributed by atoms with Gasteiger partial charge in [-0.15, -0.1) is 5.10 Å². The van der Waals surface area contributed by atoms with Crippen molar-refractivity contribution in [2.75, 3.05) is 6.54 Å². The zero-order valence-electron chi connectivity index (χ0n) is 7.96. The Morgan fingerprint density at radius 1 is 1.47 bits per heavy atom. The molecule has 0 saturated carbocycles. The Hall–Kier alpha value is -0.820. The molecule has 0 saturated heterocycles. The van der Waals surface area contributed by atoms with Crippen LogP contribution >= 0.6 is 22.9 Å². The fraction of sp³-hybridized carbons (Fsp3) is 0.333. The molecule has 4 nitrogen and oxygen atoms in total. The number of rotatable bonds is 5. The predicted molar refractivity (Wildman–Crippen MR) is 60.9 cm³/mol. The van der Waals surface area contributed by atoms with Crippen LogP contribution < -0.4 is 5.32 Å². The van der Waals surface area contributed by atoms with E-state index in [-0.39, 0.29) is 0 Å². The second-order valence-electron chi connectivity index (χ2n) is 3.10. The van der Waals surface area contributed by atoms with Crippen LogP contribution in [-0.2, 0) is 6.54 Å². The lowest BCUT2D eigenvalue weighted by molar-refractivity contribution is 0.174. The molecule has 1 atom stereocenters. The smallest absolute Gasteiger partial charge is 0.0922 e. The van der Waals surface area contributed by atoms with E-state index in [0.717, 1.165) is 11.3 Å². The number of hydrogen-bond acceptors (Lipinski definition) is 6. The summed E-state index contributed by atoms with van der Waals surface area (Å²) in [5.41, 5.74) is 1.88. The minimum absolute atomic E-state index is 0.442. The van der Waals surface area contributed by atoms with Crippen LogP contribution in [0.15, 0.2) is 22.2 Å². The van der Waals surface area contributed by atoms with E-state index in [4.69, 9.17) is 0 Å². The van der Waals surface area contributed by atoms with Crippen molar-refractivity contribution in [2.45, 2.75) is 12.6 Å². The van der Waals surface area contributed by atoms with E-state index in [1.54, 1.807) is 11.3 Å². The molecule has 0 aromatic carbocycles. The maximum atomic E-state index is 9.75. The summed E-state index contributed by atoms with van der Waals surface area (Å²) in [6.45, 7) is 1.19. The maximum absolute atomic E-state index is 9.75. The third-order valence-electron chi connectivity index (χ3n) is 1.98. The Balaban J connectivity index is 1.74. The minimum Gasteiger partial charge on any atom is -0.387 e. The summed E-state index contributed by atoms with van der Waals surface area (Å²) in [5.74, 6) is 0. The van der Waals surface area contributed by atoms with E-state index in [0.29, 0.717) is 13.1 Å². The van der Waals surface area contributed by atoms with Crippen LogP contribution in [0.3, 0.4) is 0 Å². The average molecular weight is 241 g/mol. The van der Waals surface area contributed by atoms with E-state index in [2.05, 4.69) is 14.9 Å². The van der Waals surface area contributed by atoms with E-state index in [1.165, 1.54) is 11.5 Å². The maximum Gasteiger partial charge on any atom is 0.0922 e. The first-order chi connectivity index (χ1) is 7.36. The van der Waals surface area contributed by atoms with Crippen LogP contribution in [0.25, 0.3) is 0 Å². The Morgan fingerprint density at radius 3 is 3.07 bits per heavy atom. The van der Waals surface area contributed by atoms with Crippen LogP contribution in [0.2, 0.25) is 0 Å². The molecule has 0 aliphatic heterocycles. The van der Waals surface area contributed by atoms with Crippen molar-refractivity contribution in [1.29, 1.82) is 0 Å². The number of nitrogens with one attached hydrogen (secondary N) is 1. The number of aromatic nitrogens is 2. The zero-order valence-corrected chi connectivity index (χ0v) is 9.59. The summed E-state index contributed by atoms with van der Waals surface area (Å²) in [6, 6.07) is 1.93. The summed E-state index contributed by atoms with van der Waals surface area (Å²) in [7, 11) is 0. The highest BCUT2D eigenvalue weighted by atomic mass is 32.1. The molecule has 0 aliphatic rings. The summed E-state index contributed by atoms with van der Waals surface area (Å²) < 4.78 is 3.76. The molecule has 2 aromatic heterocycles.